The summed E-state index contributed by atoms with van der Waals surface area (Å²) in [4.78, 5) is 29.3. The van der Waals surface area contributed by atoms with Crippen LogP contribution in [-0.2, 0) is 9.53 Å². The van der Waals surface area contributed by atoms with Crippen LogP contribution < -0.4 is 15.4 Å². The van der Waals surface area contributed by atoms with E-state index in [9.17, 15) is 22.8 Å². The highest BCUT2D eigenvalue weighted by Gasteiger charge is 2.35. The van der Waals surface area contributed by atoms with Crippen molar-refractivity contribution in [2.24, 2.45) is 11.3 Å². The zero-order valence-electron chi connectivity index (χ0n) is 22.6. The average molecular weight is 547 g/mol. The number of rotatable bonds is 7. The smallest absolute Gasteiger partial charge is 0.467 e. The molecule has 3 atom stereocenters. The van der Waals surface area contributed by atoms with Gasteiger partial charge in [0.1, 0.15) is 11.8 Å². The number of imidazole rings is 1. The molecule has 1 amide bonds. The molecule has 1 aliphatic rings. The lowest BCUT2D eigenvalue weighted by Crippen LogP contribution is -2.39. The lowest BCUT2D eigenvalue weighted by Gasteiger charge is -2.40. The molecule has 210 valence electrons. The molecule has 2 aromatic carbocycles. The fraction of sp³-hybridized carbons (Fsp3) is 0.464. The van der Waals surface area contributed by atoms with Crippen LogP contribution in [0, 0.1) is 11.3 Å². The van der Waals surface area contributed by atoms with E-state index in [1.165, 1.54) is 38.3 Å². The number of halogens is 3. The molecule has 1 aromatic heterocycles. The monoisotopic (exact) mass is 546 g/mol. The Morgan fingerprint density at radius 3 is 2.44 bits per heavy atom. The van der Waals surface area contributed by atoms with Gasteiger partial charge in [-0.25, -0.2) is 9.78 Å². The van der Waals surface area contributed by atoms with Crippen molar-refractivity contribution in [3.63, 3.8) is 0 Å². The van der Waals surface area contributed by atoms with Crippen molar-refractivity contribution in [2.75, 3.05) is 12.4 Å². The van der Waals surface area contributed by atoms with Gasteiger partial charge < -0.3 is 24.7 Å². The Morgan fingerprint density at radius 1 is 1.13 bits per heavy atom. The van der Waals surface area contributed by atoms with E-state index in [0.717, 1.165) is 24.8 Å². The molecule has 4 rings (SSSR count). The first-order chi connectivity index (χ1) is 18.2. The van der Waals surface area contributed by atoms with E-state index in [2.05, 4.69) is 45.4 Å². The van der Waals surface area contributed by atoms with Gasteiger partial charge in [-0.2, -0.15) is 0 Å². The van der Waals surface area contributed by atoms with Crippen molar-refractivity contribution >= 4 is 34.5 Å². The van der Waals surface area contributed by atoms with E-state index in [1.54, 1.807) is 12.1 Å². The zero-order chi connectivity index (χ0) is 28.5. The average Bonchev–Trinajstić information content (AvgIpc) is 3.19. The maximum atomic E-state index is 12.8. The van der Waals surface area contributed by atoms with Gasteiger partial charge >= 0.3 is 12.3 Å². The molecule has 1 heterocycles. The molecule has 0 saturated heterocycles. The van der Waals surface area contributed by atoms with Gasteiger partial charge in [0.2, 0.25) is 5.95 Å². The standard InChI is InChI=1S/C28H33F3N4O4/c1-16-12-20(15-27(3,4)14-16)35-23-11-6-18(24(36)32-17(2)25(37)38-5)13-22(23)34-26(35)33-19-7-9-21(10-8-19)39-28(29,30)31/h6-11,13,16-17,20H,12,14-15H2,1-5H3,(H,32,36)(H,33,34)/t16-,17+,20+/m0/s1. The SMILES string of the molecule is COC(=O)[C@@H](C)NC(=O)c1ccc2c(c1)nc(Nc1ccc(OC(F)(F)F)cc1)n2[C@@H]1C[C@H](C)CC(C)(C)C1. The van der Waals surface area contributed by atoms with Crippen molar-refractivity contribution in [3.05, 3.63) is 48.0 Å². The van der Waals surface area contributed by atoms with Crippen LogP contribution in [0.4, 0.5) is 24.8 Å². The molecule has 0 aliphatic heterocycles. The number of aromatic nitrogens is 2. The summed E-state index contributed by atoms with van der Waals surface area (Å²) >= 11 is 0. The van der Waals surface area contributed by atoms with Crippen molar-refractivity contribution in [3.8, 4) is 5.75 Å². The van der Waals surface area contributed by atoms with Gasteiger partial charge in [0.15, 0.2) is 0 Å². The molecule has 3 aromatic rings. The van der Waals surface area contributed by atoms with E-state index in [4.69, 9.17) is 4.98 Å². The third-order valence-corrected chi connectivity index (χ3v) is 6.93. The van der Waals surface area contributed by atoms with Crippen LogP contribution in [0.2, 0.25) is 0 Å². The highest BCUT2D eigenvalue weighted by molar-refractivity contribution is 5.99. The Morgan fingerprint density at radius 2 is 1.82 bits per heavy atom. The van der Waals surface area contributed by atoms with Crippen LogP contribution in [0.5, 0.6) is 5.75 Å². The molecule has 0 bridgehead atoms. The molecule has 1 aliphatic carbocycles. The van der Waals surface area contributed by atoms with E-state index >= 15 is 0 Å². The van der Waals surface area contributed by atoms with Crippen molar-refractivity contribution in [1.29, 1.82) is 0 Å². The zero-order valence-corrected chi connectivity index (χ0v) is 22.6. The first-order valence-corrected chi connectivity index (χ1v) is 12.8. The normalized spacial score (nSPS) is 19.8. The van der Waals surface area contributed by atoms with Crippen molar-refractivity contribution in [1.82, 2.24) is 14.9 Å². The molecular weight excluding hydrogens is 513 g/mol. The second kappa shape index (κ2) is 10.8. The first-order valence-electron chi connectivity index (χ1n) is 12.8. The number of nitrogens with one attached hydrogen (secondary N) is 2. The summed E-state index contributed by atoms with van der Waals surface area (Å²) < 4.78 is 48.5. The lowest BCUT2D eigenvalue weighted by atomic mass is 9.70. The minimum absolute atomic E-state index is 0.108. The molecule has 1 fully saturated rings. The minimum atomic E-state index is -4.77. The molecule has 0 spiro atoms. The molecule has 11 heteroatoms. The second-order valence-corrected chi connectivity index (χ2v) is 11.0. The van der Waals surface area contributed by atoms with Gasteiger partial charge in [0.25, 0.3) is 5.91 Å². The summed E-state index contributed by atoms with van der Waals surface area (Å²) in [5.74, 6) is -0.314. The number of anilines is 2. The number of methoxy groups -OCH3 is 1. The van der Waals surface area contributed by atoms with Gasteiger partial charge in [0, 0.05) is 17.3 Å². The van der Waals surface area contributed by atoms with Gasteiger partial charge in [-0.05, 0) is 80.0 Å². The fourth-order valence-corrected chi connectivity index (χ4v) is 5.57. The summed E-state index contributed by atoms with van der Waals surface area (Å²) in [5.41, 5.74) is 2.37. The molecule has 39 heavy (non-hydrogen) atoms. The Balaban J connectivity index is 1.70. The van der Waals surface area contributed by atoms with E-state index in [1.807, 2.05) is 6.07 Å². The van der Waals surface area contributed by atoms with E-state index in [0.29, 0.717) is 28.6 Å². The van der Waals surface area contributed by atoms with Crippen LogP contribution in [-0.4, -0.2) is 40.9 Å². The fourth-order valence-electron chi connectivity index (χ4n) is 5.57. The number of fused-ring (bicyclic) bond motifs is 1. The molecule has 8 nitrogen and oxygen atoms in total. The maximum absolute atomic E-state index is 12.8. The summed E-state index contributed by atoms with van der Waals surface area (Å²) in [5, 5.41) is 5.87. The Bertz CT molecular complexity index is 1350. The predicted molar refractivity (Wildman–Crippen MR) is 141 cm³/mol. The number of benzene rings is 2. The Kier molecular flexibility index (Phi) is 7.81. The third-order valence-electron chi connectivity index (χ3n) is 6.93. The quantitative estimate of drug-likeness (QED) is 0.335. The van der Waals surface area contributed by atoms with Gasteiger partial charge in [0.05, 0.1) is 18.1 Å². The number of carbonyl (C=O) groups is 2. The van der Waals surface area contributed by atoms with Gasteiger partial charge in [-0.15, -0.1) is 13.2 Å². The molecule has 0 radical (unpaired) electrons. The number of alkyl halides is 3. The number of amides is 1. The topological polar surface area (TPSA) is 94.5 Å². The number of hydrogen-bond donors (Lipinski definition) is 2. The largest absolute Gasteiger partial charge is 0.573 e. The molecule has 2 N–H and O–H groups in total. The highest BCUT2D eigenvalue weighted by atomic mass is 19.4. The molecule has 0 unspecified atom stereocenters. The van der Waals surface area contributed by atoms with Crippen LogP contribution in [0.15, 0.2) is 42.5 Å². The summed E-state index contributed by atoms with van der Waals surface area (Å²) in [7, 11) is 1.25. The van der Waals surface area contributed by atoms with Crippen LogP contribution in [0.25, 0.3) is 11.0 Å². The van der Waals surface area contributed by atoms with Crippen LogP contribution >= 0.6 is 0 Å². The second-order valence-electron chi connectivity index (χ2n) is 11.0. The van der Waals surface area contributed by atoms with E-state index < -0.39 is 24.3 Å². The van der Waals surface area contributed by atoms with Crippen LogP contribution in [0.3, 0.4) is 0 Å². The molecule has 1 saturated carbocycles. The first kappa shape index (κ1) is 28.3. The molecular formula is C28H33F3N4O4. The van der Waals surface area contributed by atoms with Crippen molar-refractivity contribution in [2.45, 2.75) is 65.4 Å². The van der Waals surface area contributed by atoms with Gasteiger partial charge in [-0.3, -0.25) is 4.79 Å². The number of esters is 1. The number of hydrogen-bond acceptors (Lipinski definition) is 6. The predicted octanol–water partition coefficient (Wildman–Crippen LogP) is 6.36. The number of ether oxygens (including phenoxy) is 2. The number of nitrogens with zero attached hydrogens (tertiary/aromatic N) is 2. The summed E-state index contributed by atoms with van der Waals surface area (Å²) in [6, 6.07) is 9.93. The van der Waals surface area contributed by atoms with Crippen molar-refractivity contribution < 1.29 is 32.2 Å². The Hall–Kier alpha value is -3.76. The Labute approximate surface area is 224 Å². The number of carbonyl (C=O) groups excluding carboxylic acids is 2. The van der Waals surface area contributed by atoms with Gasteiger partial charge in [-0.1, -0.05) is 20.8 Å². The minimum Gasteiger partial charge on any atom is -0.467 e. The summed E-state index contributed by atoms with van der Waals surface area (Å²) in [6.07, 6.45) is -1.83. The van der Waals surface area contributed by atoms with E-state index in [-0.39, 0.29) is 17.2 Å². The summed E-state index contributed by atoms with van der Waals surface area (Å²) in [6.45, 7) is 8.25. The van der Waals surface area contributed by atoms with Crippen LogP contribution in [0.1, 0.15) is 63.4 Å². The lowest BCUT2D eigenvalue weighted by molar-refractivity contribution is -0.274. The third kappa shape index (κ3) is 6.82. The maximum Gasteiger partial charge on any atom is 0.573 e. The highest BCUT2D eigenvalue weighted by Crippen LogP contribution is 2.46.